The van der Waals surface area contributed by atoms with Gasteiger partial charge < -0.3 is 19.6 Å². The monoisotopic (exact) mass is 506 g/mol. The summed E-state index contributed by atoms with van der Waals surface area (Å²) in [7, 11) is 0. The van der Waals surface area contributed by atoms with Crippen LogP contribution in [-0.4, -0.2) is 5.97 Å². The topological polar surface area (TPSA) is 98.5 Å². The molecule has 4 aromatic rings. The summed E-state index contributed by atoms with van der Waals surface area (Å²) >= 11 is 0. The van der Waals surface area contributed by atoms with Gasteiger partial charge in [0.2, 0.25) is 11.6 Å². The SMILES string of the molecule is CCc1ccc2oc(C(=O)Oc3ccc4c(c3)OC(N)=C(C#N)C4c3ccc(C(C)(C)C)cc3)c(C)c2c1. The highest BCUT2D eigenvalue weighted by Gasteiger charge is 2.31. The summed E-state index contributed by atoms with van der Waals surface area (Å²) in [6.45, 7) is 10.4. The van der Waals surface area contributed by atoms with Gasteiger partial charge in [0.25, 0.3) is 0 Å². The van der Waals surface area contributed by atoms with Crippen LogP contribution in [0.3, 0.4) is 0 Å². The first-order chi connectivity index (χ1) is 18.1. The van der Waals surface area contributed by atoms with Gasteiger partial charge in [-0.15, -0.1) is 0 Å². The van der Waals surface area contributed by atoms with Gasteiger partial charge in [-0.2, -0.15) is 5.26 Å². The molecule has 6 nitrogen and oxygen atoms in total. The fraction of sp³-hybridized carbons (Fsp3) is 0.250. The van der Waals surface area contributed by atoms with Crippen LogP contribution in [0, 0.1) is 18.3 Å². The molecule has 2 heterocycles. The molecule has 0 radical (unpaired) electrons. The maximum Gasteiger partial charge on any atom is 0.379 e. The van der Waals surface area contributed by atoms with E-state index in [0.717, 1.165) is 34.1 Å². The van der Waals surface area contributed by atoms with Crippen LogP contribution < -0.4 is 15.2 Å². The number of esters is 1. The Hall–Kier alpha value is -4.50. The first-order valence-electron chi connectivity index (χ1n) is 12.7. The zero-order valence-corrected chi connectivity index (χ0v) is 22.2. The van der Waals surface area contributed by atoms with Crippen molar-refractivity contribution in [3.05, 3.63) is 106 Å². The number of allylic oxidation sites excluding steroid dienone is 1. The van der Waals surface area contributed by atoms with Crippen LogP contribution in [0.25, 0.3) is 11.0 Å². The fourth-order valence-corrected chi connectivity index (χ4v) is 4.85. The Morgan fingerprint density at radius 1 is 1.08 bits per heavy atom. The number of hydrogen-bond donors (Lipinski definition) is 1. The van der Waals surface area contributed by atoms with Crippen molar-refractivity contribution in [1.82, 2.24) is 0 Å². The van der Waals surface area contributed by atoms with Crippen LogP contribution >= 0.6 is 0 Å². The quantitative estimate of drug-likeness (QED) is 0.235. The number of aryl methyl sites for hydroxylation is 2. The molecule has 2 N–H and O–H groups in total. The minimum atomic E-state index is -0.594. The first-order valence-corrected chi connectivity index (χ1v) is 12.7. The Balaban J connectivity index is 1.47. The average molecular weight is 507 g/mol. The molecule has 1 aromatic heterocycles. The Morgan fingerprint density at radius 2 is 1.82 bits per heavy atom. The summed E-state index contributed by atoms with van der Waals surface area (Å²) in [5, 5.41) is 10.8. The molecule has 0 saturated heterocycles. The van der Waals surface area contributed by atoms with Crippen molar-refractivity contribution in [3.8, 4) is 17.6 Å². The van der Waals surface area contributed by atoms with E-state index in [1.807, 2.05) is 43.3 Å². The molecule has 0 aliphatic carbocycles. The van der Waals surface area contributed by atoms with Gasteiger partial charge in [-0.25, -0.2) is 4.79 Å². The summed E-state index contributed by atoms with van der Waals surface area (Å²) in [4.78, 5) is 13.1. The highest BCUT2D eigenvalue weighted by atomic mass is 16.5. The van der Waals surface area contributed by atoms with Crippen molar-refractivity contribution in [3.63, 3.8) is 0 Å². The standard InChI is InChI=1S/C32H30N2O4/c1-6-19-7-14-26-24(15-19)18(2)29(37-26)31(35)36-22-12-13-23-27(16-22)38-30(34)25(17-33)28(23)20-8-10-21(11-9-20)32(3,4)5/h7-16,28H,6,34H2,1-5H3. The largest absolute Gasteiger partial charge is 0.449 e. The third-order valence-corrected chi connectivity index (χ3v) is 7.11. The van der Waals surface area contributed by atoms with Crippen molar-refractivity contribution in [2.45, 2.75) is 52.4 Å². The number of nitrogens with zero attached hydrogens (tertiary/aromatic N) is 1. The third-order valence-electron chi connectivity index (χ3n) is 7.11. The fourth-order valence-electron chi connectivity index (χ4n) is 4.85. The molecule has 0 saturated carbocycles. The Kier molecular flexibility index (Phi) is 6.24. The average Bonchev–Trinajstić information content (AvgIpc) is 3.23. The van der Waals surface area contributed by atoms with E-state index < -0.39 is 11.9 Å². The van der Waals surface area contributed by atoms with E-state index in [1.54, 1.807) is 12.1 Å². The Morgan fingerprint density at radius 3 is 2.47 bits per heavy atom. The second-order valence-corrected chi connectivity index (χ2v) is 10.6. The van der Waals surface area contributed by atoms with Crippen LogP contribution in [0.15, 0.2) is 76.5 Å². The van der Waals surface area contributed by atoms with E-state index >= 15 is 0 Å². The van der Waals surface area contributed by atoms with E-state index in [0.29, 0.717) is 16.9 Å². The number of nitriles is 1. The summed E-state index contributed by atoms with van der Waals surface area (Å²) < 4.78 is 17.3. The molecule has 0 bridgehead atoms. The number of hydrogen-bond acceptors (Lipinski definition) is 6. The van der Waals surface area contributed by atoms with E-state index in [4.69, 9.17) is 19.6 Å². The molecule has 0 spiro atoms. The summed E-state index contributed by atoms with van der Waals surface area (Å²) in [6, 6.07) is 21.4. The predicted octanol–water partition coefficient (Wildman–Crippen LogP) is 7.04. The summed E-state index contributed by atoms with van der Waals surface area (Å²) in [5.74, 6) is -0.0671. The molecule has 0 amide bonds. The van der Waals surface area contributed by atoms with Gasteiger partial charge in [-0.3, -0.25) is 0 Å². The van der Waals surface area contributed by atoms with Gasteiger partial charge in [-0.05, 0) is 53.6 Å². The minimum Gasteiger partial charge on any atom is -0.449 e. The zero-order valence-electron chi connectivity index (χ0n) is 22.2. The van der Waals surface area contributed by atoms with Gasteiger partial charge in [0, 0.05) is 22.6 Å². The van der Waals surface area contributed by atoms with E-state index in [1.165, 1.54) is 5.56 Å². The van der Waals surface area contributed by atoms with Crippen LogP contribution in [0.2, 0.25) is 0 Å². The van der Waals surface area contributed by atoms with Crippen molar-refractivity contribution in [1.29, 1.82) is 5.26 Å². The van der Waals surface area contributed by atoms with E-state index in [9.17, 15) is 10.1 Å². The molecule has 192 valence electrons. The zero-order chi connectivity index (χ0) is 27.2. The number of benzene rings is 3. The number of carbonyl (C=O) groups is 1. The number of furan rings is 1. The Bertz CT molecular complexity index is 1630. The number of ether oxygens (including phenoxy) is 2. The molecule has 5 rings (SSSR count). The smallest absolute Gasteiger partial charge is 0.379 e. The maximum atomic E-state index is 13.1. The van der Waals surface area contributed by atoms with Crippen LogP contribution in [-0.2, 0) is 11.8 Å². The van der Waals surface area contributed by atoms with E-state index in [-0.39, 0.29) is 22.8 Å². The molecule has 6 heteroatoms. The van der Waals surface area contributed by atoms with Gasteiger partial charge in [0.05, 0.1) is 5.92 Å². The molecular weight excluding hydrogens is 476 g/mol. The normalized spacial score (nSPS) is 15.1. The lowest BCUT2D eigenvalue weighted by molar-refractivity contribution is 0.0702. The molecule has 1 aliphatic heterocycles. The first kappa shape index (κ1) is 25.2. The van der Waals surface area contributed by atoms with Crippen molar-refractivity contribution in [2.24, 2.45) is 5.73 Å². The number of rotatable bonds is 4. The highest BCUT2D eigenvalue weighted by molar-refractivity contribution is 5.97. The Labute approximate surface area is 222 Å². The molecular formula is C32H30N2O4. The van der Waals surface area contributed by atoms with Crippen LogP contribution in [0.4, 0.5) is 0 Å². The summed E-state index contributed by atoms with van der Waals surface area (Å²) in [5.41, 5.74) is 12.0. The molecule has 1 unspecified atom stereocenters. The second kappa shape index (κ2) is 9.42. The molecule has 1 atom stereocenters. The minimum absolute atomic E-state index is 0.00824. The maximum absolute atomic E-state index is 13.1. The molecule has 3 aromatic carbocycles. The van der Waals surface area contributed by atoms with Crippen LogP contribution in [0.1, 0.15) is 72.0 Å². The summed E-state index contributed by atoms with van der Waals surface area (Å²) in [6.07, 6.45) is 0.891. The third kappa shape index (κ3) is 4.41. The lowest BCUT2D eigenvalue weighted by Gasteiger charge is -2.27. The van der Waals surface area contributed by atoms with Crippen molar-refractivity contribution >= 4 is 16.9 Å². The molecule has 1 aliphatic rings. The number of nitrogens with two attached hydrogens (primary N) is 1. The molecule has 0 fully saturated rings. The predicted molar refractivity (Wildman–Crippen MR) is 146 cm³/mol. The van der Waals surface area contributed by atoms with Gasteiger partial charge in [0.1, 0.15) is 28.7 Å². The second-order valence-electron chi connectivity index (χ2n) is 10.6. The van der Waals surface area contributed by atoms with Gasteiger partial charge >= 0.3 is 5.97 Å². The van der Waals surface area contributed by atoms with Crippen molar-refractivity contribution < 1.29 is 18.7 Å². The lowest BCUT2D eigenvalue weighted by Crippen LogP contribution is -2.21. The van der Waals surface area contributed by atoms with E-state index in [2.05, 4.69) is 45.9 Å². The van der Waals surface area contributed by atoms with Gasteiger partial charge in [0.15, 0.2) is 0 Å². The number of carbonyl (C=O) groups excluding carboxylic acids is 1. The highest BCUT2D eigenvalue weighted by Crippen LogP contribution is 2.44. The van der Waals surface area contributed by atoms with Crippen LogP contribution in [0.5, 0.6) is 11.5 Å². The van der Waals surface area contributed by atoms with Crippen molar-refractivity contribution in [2.75, 3.05) is 0 Å². The lowest BCUT2D eigenvalue weighted by atomic mass is 9.81. The van der Waals surface area contributed by atoms with Gasteiger partial charge in [-0.1, -0.05) is 64.1 Å². The molecule has 38 heavy (non-hydrogen) atoms. The number of fused-ring (bicyclic) bond motifs is 2.